The second-order valence-electron chi connectivity index (χ2n) is 30.4. The van der Waals surface area contributed by atoms with Crippen LogP contribution in [0.15, 0.2) is 134 Å². The highest BCUT2D eigenvalue weighted by atomic mass is 16.5. The summed E-state index contributed by atoms with van der Waals surface area (Å²) in [6.07, 6.45) is 69.2. The van der Waals surface area contributed by atoms with Gasteiger partial charge >= 0.3 is 0 Å². The first-order valence-corrected chi connectivity index (χ1v) is 43.3. The smallest absolute Gasteiger partial charge is 0.173 e. The van der Waals surface area contributed by atoms with E-state index >= 15 is 0 Å². The predicted octanol–water partition coefficient (Wildman–Crippen LogP) is 28.1. The van der Waals surface area contributed by atoms with Gasteiger partial charge in [0.15, 0.2) is 37.9 Å². The number of aryl methyl sites for hydroxylation is 2. The van der Waals surface area contributed by atoms with Crippen molar-refractivity contribution >= 4 is 48.6 Å². The van der Waals surface area contributed by atoms with Crippen molar-refractivity contribution in [2.75, 3.05) is 39.6 Å². The lowest BCUT2D eigenvalue weighted by molar-refractivity contribution is -0.688. The molecule has 0 fully saturated rings. The molecule has 2 heterocycles. The first kappa shape index (κ1) is 87.4. The van der Waals surface area contributed by atoms with Crippen LogP contribution < -0.4 is 37.6 Å². The van der Waals surface area contributed by atoms with Gasteiger partial charge in [-0.25, -0.2) is 9.13 Å². The van der Waals surface area contributed by atoms with E-state index in [2.05, 4.69) is 247 Å². The zero-order valence-corrected chi connectivity index (χ0v) is 68.8. The predicted molar refractivity (Wildman–Crippen MR) is 462 cm³/mol. The molecular weight excluding hydrogens is 1330 g/mol. The summed E-state index contributed by atoms with van der Waals surface area (Å²) in [6.45, 7) is 23.4. The second kappa shape index (κ2) is 54.7. The van der Waals surface area contributed by atoms with Crippen molar-refractivity contribution in [1.82, 2.24) is 0 Å². The fourth-order valence-electron chi connectivity index (χ4n) is 13.6. The van der Waals surface area contributed by atoms with Crippen LogP contribution in [-0.4, -0.2) is 39.6 Å². The molecule has 108 heavy (non-hydrogen) atoms. The average molecular weight is 1470 g/mol. The fraction of sp³-hybridized carbons (Fsp3) is 0.520. The Labute approximate surface area is 656 Å². The number of pyridine rings is 2. The topological polar surface area (TPSA) is 63.1 Å². The molecule has 0 aliphatic rings. The summed E-state index contributed by atoms with van der Waals surface area (Å²) in [7, 11) is 0. The standard InChI is InChI=1S/C100H142N2O6/c1-9-15-21-27-33-39-69-103-95-77-91(97(105-71-41-35-29-23-17-11-3)75-89(95)55-53-85-61-65-101(66-62-85)81-87-49-45-83(7)46-50-87)57-59-93-79-100(108-74-44-38-32-26-20-14-6)94(80-99(93)107-73-43-37-31-25-19-13-5)60-58-92-78-96(104-70-40-34-28-22-16-10-2)90(76-98(92)106-72-42-36-30-24-18-12-4)56-54-86-63-67-102(68-64-86)82-88-51-47-84(8)48-52-88/h45-68,75-80H,9-44,69-74,81-82H2,1-8H3/q+2/b55-53+,56-54+,59-57+,60-58+. The highest BCUT2D eigenvalue weighted by Crippen LogP contribution is 2.38. The quantitative estimate of drug-likeness (QED) is 0.0215. The minimum atomic E-state index is 0.619. The van der Waals surface area contributed by atoms with Crippen molar-refractivity contribution in [1.29, 1.82) is 0 Å². The number of unbranched alkanes of at least 4 members (excludes halogenated alkanes) is 30. The molecule has 586 valence electrons. The summed E-state index contributed by atoms with van der Waals surface area (Å²) in [6, 6.07) is 39.8. The van der Waals surface area contributed by atoms with Gasteiger partial charge in [-0.15, -0.1) is 0 Å². The van der Waals surface area contributed by atoms with Crippen LogP contribution in [0.1, 0.15) is 339 Å². The summed E-state index contributed by atoms with van der Waals surface area (Å²) in [5.74, 6) is 5.05. The monoisotopic (exact) mass is 1470 g/mol. The van der Waals surface area contributed by atoms with E-state index in [0.29, 0.717) is 39.6 Å². The van der Waals surface area contributed by atoms with Gasteiger partial charge < -0.3 is 28.4 Å². The molecule has 0 aliphatic heterocycles. The van der Waals surface area contributed by atoms with Crippen molar-refractivity contribution in [2.24, 2.45) is 0 Å². The van der Waals surface area contributed by atoms with E-state index in [0.717, 1.165) is 169 Å². The lowest BCUT2D eigenvalue weighted by Crippen LogP contribution is -2.33. The average Bonchev–Trinajstić information content (AvgIpc) is 0.817. The molecule has 7 rings (SSSR count). The van der Waals surface area contributed by atoms with E-state index in [9.17, 15) is 0 Å². The van der Waals surface area contributed by atoms with E-state index < -0.39 is 0 Å². The number of nitrogens with zero attached hydrogens (tertiary/aromatic N) is 2. The number of rotatable bonds is 60. The van der Waals surface area contributed by atoms with Gasteiger partial charge in [-0.1, -0.05) is 342 Å². The molecule has 0 saturated carbocycles. The third kappa shape index (κ3) is 35.2. The molecule has 0 aliphatic carbocycles. The molecule has 5 aromatic carbocycles. The molecular formula is C100H142N2O6+2. The van der Waals surface area contributed by atoms with Gasteiger partial charge in [0, 0.05) is 68.8 Å². The highest BCUT2D eigenvalue weighted by Gasteiger charge is 2.17. The highest BCUT2D eigenvalue weighted by molar-refractivity contribution is 5.84. The molecule has 0 radical (unpaired) electrons. The van der Waals surface area contributed by atoms with Gasteiger partial charge in [0.1, 0.15) is 34.5 Å². The first-order valence-electron chi connectivity index (χ1n) is 43.3. The van der Waals surface area contributed by atoms with Gasteiger partial charge in [0.05, 0.1) is 39.6 Å². The Kier molecular flexibility index (Phi) is 44.3. The normalized spacial score (nSPS) is 11.7. The summed E-state index contributed by atoms with van der Waals surface area (Å²) in [5, 5.41) is 0. The van der Waals surface area contributed by atoms with Crippen LogP contribution in [0.4, 0.5) is 0 Å². The van der Waals surface area contributed by atoms with Crippen LogP contribution in [0.25, 0.3) is 48.6 Å². The molecule has 0 saturated heterocycles. The molecule has 0 N–H and O–H groups in total. The Morgan fingerprint density at radius 3 is 0.611 bits per heavy atom. The minimum absolute atomic E-state index is 0.619. The molecule has 8 nitrogen and oxygen atoms in total. The SMILES string of the molecule is CCCCCCCCOc1cc(/C=C/c2cc(OCCCCCCCC)c(/C=C/c3cc(OCCCCCCCC)c(/C=C/c4cc[n+](Cc5ccc(C)cc5)cc4)cc3OCCCCCCCC)cc2OCCCCCCCC)c(OCCCCCCCC)cc1/C=C/c1cc[n+](Cc2ccc(C)cc2)cc1. The lowest BCUT2D eigenvalue weighted by atomic mass is 10.0. The summed E-state index contributed by atoms with van der Waals surface area (Å²) >= 11 is 0. The van der Waals surface area contributed by atoms with E-state index in [4.69, 9.17) is 28.4 Å². The van der Waals surface area contributed by atoms with Crippen molar-refractivity contribution in [3.63, 3.8) is 0 Å². The first-order chi connectivity index (χ1) is 53.2. The Hall–Kier alpha value is -7.84. The number of aromatic nitrogens is 2. The van der Waals surface area contributed by atoms with Crippen molar-refractivity contribution < 1.29 is 37.6 Å². The van der Waals surface area contributed by atoms with Crippen molar-refractivity contribution in [2.45, 2.75) is 300 Å². The molecule has 0 amide bonds. The minimum Gasteiger partial charge on any atom is -0.493 e. The van der Waals surface area contributed by atoms with Gasteiger partial charge in [-0.3, -0.25) is 0 Å². The maximum atomic E-state index is 7.05. The number of ether oxygens (including phenoxy) is 6. The summed E-state index contributed by atoms with van der Waals surface area (Å²) in [4.78, 5) is 0. The van der Waals surface area contributed by atoms with Gasteiger partial charge in [-0.2, -0.15) is 0 Å². The van der Waals surface area contributed by atoms with Crippen LogP contribution in [0, 0.1) is 13.8 Å². The molecule has 7 aromatic rings. The Morgan fingerprint density at radius 1 is 0.222 bits per heavy atom. The molecule has 8 heteroatoms. The van der Waals surface area contributed by atoms with Gasteiger partial charge in [0.25, 0.3) is 0 Å². The Balaban J connectivity index is 1.32. The van der Waals surface area contributed by atoms with Crippen molar-refractivity contribution in [3.8, 4) is 34.5 Å². The Bertz CT molecular complexity index is 3400. The van der Waals surface area contributed by atoms with E-state index in [1.165, 1.54) is 176 Å². The molecule has 0 bridgehead atoms. The second-order valence-corrected chi connectivity index (χ2v) is 30.4. The van der Waals surface area contributed by atoms with Crippen LogP contribution in [0.2, 0.25) is 0 Å². The third-order valence-electron chi connectivity index (χ3n) is 20.6. The van der Waals surface area contributed by atoms with Crippen LogP contribution in [-0.2, 0) is 13.1 Å². The Morgan fingerprint density at radius 2 is 0.407 bits per heavy atom. The van der Waals surface area contributed by atoms with Crippen molar-refractivity contribution in [3.05, 3.63) is 201 Å². The summed E-state index contributed by atoms with van der Waals surface area (Å²) < 4.78 is 46.3. The number of benzene rings is 5. The van der Waals surface area contributed by atoms with E-state index in [1.54, 1.807) is 0 Å². The summed E-state index contributed by atoms with van der Waals surface area (Å²) in [5.41, 5.74) is 13.3. The zero-order valence-electron chi connectivity index (χ0n) is 68.8. The van der Waals surface area contributed by atoms with E-state index in [1.807, 2.05) is 0 Å². The van der Waals surface area contributed by atoms with Crippen LogP contribution in [0.3, 0.4) is 0 Å². The third-order valence-corrected chi connectivity index (χ3v) is 20.6. The van der Waals surface area contributed by atoms with Gasteiger partial charge in [-0.05, 0) is 99.9 Å². The zero-order chi connectivity index (χ0) is 76.1. The molecule has 0 atom stereocenters. The van der Waals surface area contributed by atoms with Crippen LogP contribution in [0.5, 0.6) is 34.5 Å². The fourth-order valence-corrected chi connectivity index (χ4v) is 13.6. The molecule has 0 spiro atoms. The lowest BCUT2D eigenvalue weighted by Gasteiger charge is -2.17. The number of hydrogen-bond acceptors (Lipinski definition) is 6. The maximum absolute atomic E-state index is 7.05. The molecule has 0 unspecified atom stereocenters. The van der Waals surface area contributed by atoms with Crippen LogP contribution >= 0.6 is 0 Å². The number of hydrogen-bond donors (Lipinski definition) is 0. The van der Waals surface area contributed by atoms with Gasteiger partial charge in [0.2, 0.25) is 0 Å². The largest absolute Gasteiger partial charge is 0.493 e. The van der Waals surface area contributed by atoms with E-state index in [-0.39, 0.29) is 0 Å². The maximum Gasteiger partial charge on any atom is 0.173 e. The molecule has 2 aromatic heterocycles.